The van der Waals surface area contributed by atoms with Crippen LogP contribution >= 0.6 is 0 Å². The molecule has 0 aliphatic carbocycles. The molecule has 1 aliphatic rings. The number of nitrogens with zero attached hydrogens (tertiary/aromatic N) is 3. The lowest BCUT2D eigenvalue weighted by Gasteiger charge is -2.32. The topological polar surface area (TPSA) is 50.2 Å². The first kappa shape index (κ1) is 19.3. The molecule has 9 heteroatoms. The highest BCUT2D eigenvalue weighted by atomic mass is 19.4. The highest BCUT2D eigenvalue weighted by Gasteiger charge is 2.42. The maximum Gasteiger partial charge on any atom is 0.434 e. The van der Waals surface area contributed by atoms with Crippen LogP contribution in [0.25, 0.3) is 5.69 Å². The third kappa shape index (κ3) is 3.97. The van der Waals surface area contributed by atoms with Gasteiger partial charge in [-0.1, -0.05) is 12.1 Å². The van der Waals surface area contributed by atoms with Crippen LogP contribution in [0.4, 0.5) is 17.6 Å². The summed E-state index contributed by atoms with van der Waals surface area (Å²) < 4.78 is 55.5. The molecule has 1 aromatic heterocycles. The molecule has 5 nitrogen and oxygen atoms in total. The number of alkyl halides is 3. The van der Waals surface area contributed by atoms with Crippen molar-refractivity contribution in [1.29, 1.82) is 0 Å². The summed E-state index contributed by atoms with van der Waals surface area (Å²) in [7, 11) is 1.84. The fourth-order valence-corrected chi connectivity index (χ4v) is 3.38. The smallest absolute Gasteiger partial charge is 0.339 e. The number of hydrogen-bond donors (Lipinski definition) is 1. The molecule has 3 rings (SSSR count). The average Bonchev–Trinajstić information content (AvgIpc) is 3.08. The first-order valence-electron chi connectivity index (χ1n) is 8.67. The summed E-state index contributed by atoms with van der Waals surface area (Å²) in [5.74, 6) is -1.19. The molecule has 2 heterocycles. The van der Waals surface area contributed by atoms with Crippen molar-refractivity contribution in [3.8, 4) is 5.69 Å². The van der Waals surface area contributed by atoms with Gasteiger partial charge in [0.2, 0.25) is 0 Å². The Kier molecular flexibility index (Phi) is 5.50. The maximum atomic E-state index is 14.0. The van der Waals surface area contributed by atoms with Crippen molar-refractivity contribution < 1.29 is 22.4 Å². The molecule has 1 aromatic carbocycles. The quantitative estimate of drug-likeness (QED) is 0.825. The molecular weight excluding hydrogens is 364 g/mol. The van der Waals surface area contributed by atoms with Crippen molar-refractivity contribution in [2.24, 2.45) is 5.92 Å². The summed E-state index contributed by atoms with van der Waals surface area (Å²) in [6, 6.07) is 5.02. The Labute approximate surface area is 154 Å². The number of carbonyl (C=O) groups is 1. The van der Waals surface area contributed by atoms with E-state index in [9.17, 15) is 22.4 Å². The van der Waals surface area contributed by atoms with Gasteiger partial charge in [-0.15, -0.1) is 0 Å². The zero-order chi connectivity index (χ0) is 19.6. The zero-order valence-corrected chi connectivity index (χ0v) is 14.8. The number of benzene rings is 1. The van der Waals surface area contributed by atoms with Crippen LogP contribution in [0, 0.1) is 11.7 Å². The van der Waals surface area contributed by atoms with Crippen molar-refractivity contribution in [2.75, 3.05) is 26.7 Å². The lowest BCUT2D eigenvalue weighted by Crippen LogP contribution is -2.41. The van der Waals surface area contributed by atoms with Crippen molar-refractivity contribution in [1.82, 2.24) is 20.0 Å². The monoisotopic (exact) mass is 384 g/mol. The summed E-state index contributed by atoms with van der Waals surface area (Å²) in [6.07, 6.45) is -2.55. The van der Waals surface area contributed by atoms with Gasteiger partial charge in [0.15, 0.2) is 5.69 Å². The summed E-state index contributed by atoms with van der Waals surface area (Å²) in [6.45, 7) is 1.57. The Balaban J connectivity index is 1.93. The largest absolute Gasteiger partial charge is 0.434 e. The number of carbonyl (C=O) groups excluding carboxylic acids is 1. The summed E-state index contributed by atoms with van der Waals surface area (Å²) in [5.41, 5.74) is -2.16. The molecule has 1 N–H and O–H groups in total. The number of hydrogen-bond acceptors (Lipinski definition) is 3. The fourth-order valence-electron chi connectivity index (χ4n) is 3.38. The Bertz CT molecular complexity index is 810. The number of halogens is 4. The number of aromatic nitrogens is 2. The van der Waals surface area contributed by atoms with Crippen LogP contribution in [0.3, 0.4) is 0 Å². The minimum absolute atomic E-state index is 0.350. The molecule has 0 bridgehead atoms. The zero-order valence-electron chi connectivity index (χ0n) is 14.8. The van der Waals surface area contributed by atoms with E-state index in [4.69, 9.17) is 0 Å². The number of nitrogens with one attached hydrogen (secondary N) is 1. The molecule has 1 aliphatic heterocycles. The van der Waals surface area contributed by atoms with Crippen LogP contribution in [0.1, 0.15) is 28.9 Å². The van der Waals surface area contributed by atoms with Crippen LogP contribution in [0.2, 0.25) is 0 Å². The molecule has 146 valence electrons. The van der Waals surface area contributed by atoms with E-state index < -0.39 is 29.2 Å². The van der Waals surface area contributed by atoms with E-state index in [0.717, 1.165) is 31.6 Å². The second-order valence-corrected chi connectivity index (χ2v) is 6.56. The van der Waals surface area contributed by atoms with Gasteiger partial charge in [-0.25, -0.2) is 9.07 Å². The molecule has 0 unspecified atom stereocenters. The third-order valence-electron chi connectivity index (χ3n) is 4.74. The van der Waals surface area contributed by atoms with E-state index >= 15 is 0 Å². The first-order valence-corrected chi connectivity index (χ1v) is 8.67. The molecule has 2 aromatic rings. The van der Waals surface area contributed by atoms with Gasteiger partial charge in [-0.3, -0.25) is 4.79 Å². The average molecular weight is 384 g/mol. The molecule has 1 saturated heterocycles. The number of amides is 1. The van der Waals surface area contributed by atoms with E-state index in [2.05, 4.69) is 10.4 Å². The number of para-hydroxylation sites is 1. The molecule has 0 atom stereocenters. The van der Waals surface area contributed by atoms with E-state index in [-0.39, 0.29) is 5.69 Å². The van der Waals surface area contributed by atoms with Gasteiger partial charge in [0.05, 0.1) is 11.8 Å². The fraction of sp³-hybridized carbons (Fsp3) is 0.444. The molecule has 27 heavy (non-hydrogen) atoms. The van der Waals surface area contributed by atoms with Crippen molar-refractivity contribution in [2.45, 2.75) is 19.0 Å². The van der Waals surface area contributed by atoms with Gasteiger partial charge in [-0.05, 0) is 44.5 Å². The van der Waals surface area contributed by atoms with Crippen LogP contribution in [0.15, 0.2) is 30.5 Å². The van der Waals surface area contributed by atoms with Gasteiger partial charge in [0.1, 0.15) is 11.5 Å². The predicted octanol–water partition coefficient (Wildman–Crippen LogP) is 3.10. The summed E-state index contributed by atoms with van der Waals surface area (Å²) in [4.78, 5) is 14.1. The highest BCUT2D eigenvalue weighted by molar-refractivity contribution is 5.95. The van der Waals surface area contributed by atoms with E-state index in [1.54, 1.807) is 0 Å². The maximum absolute atomic E-state index is 14.0. The first-order chi connectivity index (χ1) is 12.8. The Morgan fingerprint density at radius 2 is 1.93 bits per heavy atom. The van der Waals surface area contributed by atoms with Crippen LogP contribution in [-0.2, 0) is 6.18 Å². The molecule has 0 spiro atoms. The highest BCUT2D eigenvalue weighted by Crippen LogP contribution is 2.35. The van der Waals surface area contributed by atoms with Crippen molar-refractivity contribution in [3.63, 3.8) is 0 Å². The summed E-state index contributed by atoms with van der Waals surface area (Å²) in [5, 5.41) is 6.74. The van der Waals surface area contributed by atoms with E-state index in [1.165, 1.54) is 23.1 Å². The third-order valence-corrected chi connectivity index (χ3v) is 4.74. The molecule has 0 saturated carbocycles. The van der Waals surface area contributed by atoms with Gasteiger partial charge < -0.3 is 10.2 Å². The predicted molar refractivity (Wildman–Crippen MR) is 91.1 cm³/mol. The number of likely N-dealkylation sites (tertiary alicyclic amines) is 1. The minimum atomic E-state index is -4.85. The second kappa shape index (κ2) is 7.67. The molecule has 1 amide bonds. The molecular formula is C18H20F4N4O. The standard InChI is InChI=1S/C18H20F4N4O/c1-23-10-12-6-8-25(9-7-12)17(27)13-11-24-26(16(13)18(20,21)22)15-5-3-2-4-14(15)19/h2-5,11-12,23H,6-10H2,1H3. The van der Waals surface area contributed by atoms with E-state index in [0.29, 0.717) is 23.7 Å². The van der Waals surface area contributed by atoms with Gasteiger partial charge >= 0.3 is 6.18 Å². The normalized spacial score (nSPS) is 16.0. The lowest BCUT2D eigenvalue weighted by atomic mass is 9.96. The summed E-state index contributed by atoms with van der Waals surface area (Å²) >= 11 is 0. The Hall–Kier alpha value is -2.42. The Morgan fingerprint density at radius 1 is 1.26 bits per heavy atom. The van der Waals surface area contributed by atoms with Crippen molar-refractivity contribution >= 4 is 5.91 Å². The number of piperidine rings is 1. The minimum Gasteiger partial charge on any atom is -0.339 e. The van der Waals surface area contributed by atoms with E-state index in [1.807, 2.05) is 7.05 Å². The van der Waals surface area contributed by atoms with Crippen LogP contribution in [0.5, 0.6) is 0 Å². The molecule has 1 fully saturated rings. The van der Waals surface area contributed by atoms with Crippen LogP contribution in [-0.4, -0.2) is 47.3 Å². The number of rotatable bonds is 4. The van der Waals surface area contributed by atoms with Crippen molar-refractivity contribution in [3.05, 3.63) is 47.5 Å². The van der Waals surface area contributed by atoms with Gasteiger partial charge in [0.25, 0.3) is 5.91 Å². The van der Waals surface area contributed by atoms with Crippen LogP contribution < -0.4 is 5.32 Å². The Morgan fingerprint density at radius 3 is 2.52 bits per heavy atom. The second-order valence-electron chi connectivity index (χ2n) is 6.56. The SMILES string of the molecule is CNCC1CCN(C(=O)c2cnn(-c3ccccc3F)c2C(F)(F)F)CC1. The molecule has 0 radical (unpaired) electrons. The van der Waals surface area contributed by atoms with Gasteiger partial charge in [-0.2, -0.15) is 18.3 Å². The lowest BCUT2D eigenvalue weighted by molar-refractivity contribution is -0.143. The van der Waals surface area contributed by atoms with Gasteiger partial charge in [0, 0.05) is 13.1 Å².